The van der Waals surface area contributed by atoms with E-state index in [2.05, 4.69) is 20.8 Å². The van der Waals surface area contributed by atoms with Crippen LogP contribution in [0.4, 0.5) is 5.69 Å². The maximum absolute atomic E-state index is 13.0. The van der Waals surface area contributed by atoms with Crippen LogP contribution in [0.1, 0.15) is 27.2 Å². The molecule has 0 radical (unpaired) electrons. The Morgan fingerprint density at radius 3 is 2.39 bits per heavy atom. The van der Waals surface area contributed by atoms with Crippen LogP contribution in [0.5, 0.6) is 0 Å². The van der Waals surface area contributed by atoms with Gasteiger partial charge in [-0.1, -0.05) is 53.7 Å². The predicted octanol–water partition coefficient (Wildman–Crippen LogP) is 4.18. The minimum absolute atomic E-state index is 0.165. The van der Waals surface area contributed by atoms with E-state index in [1.54, 1.807) is 13.0 Å². The maximum atomic E-state index is 13.0. The summed E-state index contributed by atoms with van der Waals surface area (Å²) in [4.78, 5) is 29.9. The van der Waals surface area contributed by atoms with Gasteiger partial charge in [-0.15, -0.1) is 0 Å². The Morgan fingerprint density at radius 2 is 1.68 bits per heavy atom. The molecule has 7 heteroatoms. The summed E-state index contributed by atoms with van der Waals surface area (Å²) in [5, 5.41) is 10.0. The van der Waals surface area contributed by atoms with Gasteiger partial charge in [-0.2, -0.15) is 0 Å². The minimum atomic E-state index is -0.396. The van der Waals surface area contributed by atoms with Crippen LogP contribution in [0.15, 0.2) is 59.1 Å². The first kappa shape index (κ1) is 20.3. The third-order valence-electron chi connectivity index (χ3n) is 5.09. The Hall–Kier alpha value is -4.00. The average molecular weight is 414 g/mol. The number of nitrogens with zero attached hydrogens (tertiary/aromatic N) is 2. The number of hydrogen-bond acceptors (Lipinski definition) is 5. The van der Waals surface area contributed by atoms with Crippen molar-refractivity contribution in [2.75, 3.05) is 11.9 Å². The van der Waals surface area contributed by atoms with Gasteiger partial charge >= 0.3 is 0 Å². The van der Waals surface area contributed by atoms with Crippen molar-refractivity contribution < 1.29 is 14.1 Å². The average Bonchev–Trinajstić information content (AvgIpc) is 3.15. The number of hydrogen-bond donors (Lipinski definition) is 2. The molecule has 2 aromatic heterocycles. The van der Waals surface area contributed by atoms with E-state index in [9.17, 15) is 9.59 Å². The van der Waals surface area contributed by atoms with E-state index in [1.165, 1.54) is 0 Å². The zero-order valence-corrected chi connectivity index (χ0v) is 17.5. The van der Waals surface area contributed by atoms with E-state index in [-0.39, 0.29) is 18.2 Å². The number of para-hydroxylation sites is 1. The third kappa shape index (κ3) is 4.16. The monoisotopic (exact) mass is 414 g/mol. The zero-order valence-electron chi connectivity index (χ0n) is 17.5. The van der Waals surface area contributed by atoms with Gasteiger partial charge in [-0.25, -0.2) is 4.98 Å². The largest absolute Gasteiger partial charge is 0.343 e. The number of benzene rings is 2. The Morgan fingerprint density at radius 1 is 0.968 bits per heavy atom. The first-order valence-electron chi connectivity index (χ1n) is 9.90. The van der Waals surface area contributed by atoms with Crippen molar-refractivity contribution >= 4 is 28.6 Å². The molecule has 0 unspecified atom stereocenters. The molecule has 156 valence electrons. The summed E-state index contributed by atoms with van der Waals surface area (Å²) < 4.78 is 5.31. The highest BCUT2D eigenvalue weighted by Crippen LogP contribution is 2.27. The molecule has 31 heavy (non-hydrogen) atoms. The second-order valence-electron chi connectivity index (χ2n) is 7.37. The quantitative estimate of drug-likeness (QED) is 0.511. The van der Waals surface area contributed by atoms with Gasteiger partial charge in [-0.3, -0.25) is 9.59 Å². The second kappa shape index (κ2) is 8.39. The number of rotatable bonds is 5. The Bertz CT molecular complexity index is 1260. The predicted molar refractivity (Wildman–Crippen MR) is 119 cm³/mol. The molecule has 0 aliphatic carbocycles. The molecule has 2 heterocycles. The molecule has 0 fully saturated rings. The summed E-state index contributed by atoms with van der Waals surface area (Å²) in [5.74, 6) is -0.700. The first-order chi connectivity index (χ1) is 14.9. The lowest BCUT2D eigenvalue weighted by Crippen LogP contribution is -2.33. The standard InChI is InChI=1S/C24H22N4O3/c1-14-8-7-9-15(2)22(14)27-20(29)13-25-23(30)18-12-19(17-10-5-4-6-11-17)26-24-21(18)16(3)28-31-24/h4-12H,13H2,1-3H3,(H,25,30)(H,27,29). The SMILES string of the molecule is Cc1cccc(C)c1NC(=O)CNC(=O)c1cc(-c2ccccc2)nc2onc(C)c12. The van der Waals surface area contributed by atoms with Crippen molar-refractivity contribution in [2.24, 2.45) is 0 Å². The molecule has 4 aromatic rings. The van der Waals surface area contributed by atoms with Crippen LogP contribution >= 0.6 is 0 Å². The Kier molecular flexibility index (Phi) is 5.49. The van der Waals surface area contributed by atoms with Gasteiger partial charge in [0.2, 0.25) is 5.91 Å². The van der Waals surface area contributed by atoms with Gasteiger partial charge in [0.05, 0.1) is 28.9 Å². The van der Waals surface area contributed by atoms with Gasteiger partial charge < -0.3 is 15.2 Å². The molecular weight excluding hydrogens is 392 g/mol. The molecule has 0 aliphatic heterocycles. The molecule has 0 atom stereocenters. The van der Waals surface area contributed by atoms with E-state index in [1.807, 2.05) is 62.4 Å². The number of anilines is 1. The van der Waals surface area contributed by atoms with Crippen molar-refractivity contribution in [3.8, 4) is 11.3 Å². The molecule has 0 saturated carbocycles. The highest BCUT2D eigenvalue weighted by molar-refractivity contribution is 6.08. The molecule has 2 aromatic carbocycles. The van der Waals surface area contributed by atoms with Gasteiger partial charge in [0.25, 0.3) is 11.6 Å². The molecule has 2 amide bonds. The summed E-state index contributed by atoms with van der Waals surface area (Å²) in [6.45, 7) is 5.44. The molecule has 7 nitrogen and oxygen atoms in total. The van der Waals surface area contributed by atoms with Crippen molar-refractivity contribution in [1.29, 1.82) is 0 Å². The van der Waals surface area contributed by atoms with Crippen LogP contribution in [0.25, 0.3) is 22.4 Å². The molecule has 0 bridgehead atoms. The molecule has 2 N–H and O–H groups in total. The van der Waals surface area contributed by atoms with Gasteiger partial charge in [-0.05, 0) is 38.0 Å². The van der Waals surface area contributed by atoms with Crippen molar-refractivity contribution in [1.82, 2.24) is 15.5 Å². The highest BCUT2D eigenvalue weighted by Gasteiger charge is 2.20. The lowest BCUT2D eigenvalue weighted by atomic mass is 10.1. The number of pyridine rings is 1. The van der Waals surface area contributed by atoms with Crippen LogP contribution in [0.3, 0.4) is 0 Å². The fourth-order valence-electron chi connectivity index (χ4n) is 3.48. The van der Waals surface area contributed by atoms with Crippen LogP contribution in [0.2, 0.25) is 0 Å². The lowest BCUT2D eigenvalue weighted by molar-refractivity contribution is -0.115. The van der Waals surface area contributed by atoms with E-state index in [0.717, 1.165) is 22.4 Å². The summed E-state index contributed by atoms with van der Waals surface area (Å²) in [5.41, 5.74) is 5.33. The number of aromatic nitrogens is 2. The van der Waals surface area contributed by atoms with Gasteiger partial charge in [0.1, 0.15) is 0 Å². The molecule has 0 saturated heterocycles. The minimum Gasteiger partial charge on any atom is -0.343 e. The number of fused-ring (bicyclic) bond motifs is 1. The first-order valence-corrected chi connectivity index (χ1v) is 9.90. The second-order valence-corrected chi connectivity index (χ2v) is 7.37. The van der Waals surface area contributed by atoms with Crippen LogP contribution in [-0.4, -0.2) is 28.5 Å². The van der Waals surface area contributed by atoms with Gasteiger partial charge in [0, 0.05) is 11.3 Å². The smallest absolute Gasteiger partial charge is 0.259 e. The summed E-state index contributed by atoms with van der Waals surface area (Å²) in [7, 11) is 0. The highest BCUT2D eigenvalue weighted by atomic mass is 16.5. The maximum Gasteiger partial charge on any atom is 0.259 e. The van der Waals surface area contributed by atoms with Crippen molar-refractivity contribution in [2.45, 2.75) is 20.8 Å². The fraction of sp³-hybridized carbons (Fsp3) is 0.167. The van der Waals surface area contributed by atoms with Crippen LogP contribution in [-0.2, 0) is 4.79 Å². The molecule has 0 aliphatic rings. The summed E-state index contributed by atoms with van der Waals surface area (Å²) >= 11 is 0. The lowest BCUT2D eigenvalue weighted by Gasteiger charge is -2.12. The Labute approximate surface area is 179 Å². The van der Waals surface area contributed by atoms with E-state index in [0.29, 0.717) is 22.3 Å². The summed E-state index contributed by atoms with van der Waals surface area (Å²) in [6.07, 6.45) is 0. The van der Waals surface area contributed by atoms with E-state index >= 15 is 0 Å². The van der Waals surface area contributed by atoms with Crippen molar-refractivity contribution in [3.63, 3.8) is 0 Å². The van der Waals surface area contributed by atoms with E-state index in [4.69, 9.17) is 4.52 Å². The zero-order chi connectivity index (χ0) is 22.0. The topological polar surface area (TPSA) is 97.1 Å². The number of carbonyl (C=O) groups excluding carboxylic acids is 2. The Balaban J connectivity index is 1.57. The van der Waals surface area contributed by atoms with Crippen molar-refractivity contribution in [3.05, 3.63) is 77.0 Å². The molecular formula is C24H22N4O3. The number of aryl methyl sites for hydroxylation is 3. The van der Waals surface area contributed by atoms with E-state index < -0.39 is 5.91 Å². The molecule has 4 rings (SSSR count). The number of amides is 2. The number of carbonyl (C=O) groups is 2. The van der Waals surface area contributed by atoms with Crippen LogP contribution < -0.4 is 10.6 Å². The third-order valence-corrected chi connectivity index (χ3v) is 5.09. The number of nitrogens with one attached hydrogen (secondary N) is 2. The van der Waals surface area contributed by atoms with Crippen LogP contribution in [0, 0.1) is 20.8 Å². The fourth-order valence-corrected chi connectivity index (χ4v) is 3.48. The normalized spacial score (nSPS) is 10.8. The molecule has 0 spiro atoms. The summed E-state index contributed by atoms with van der Waals surface area (Å²) in [6, 6.07) is 17.0. The van der Waals surface area contributed by atoms with Gasteiger partial charge in [0.15, 0.2) is 0 Å².